The highest BCUT2D eigenvalue weighted by Crippen LogP contribution is 2.26. The molecule has 27 heavy (non-hydrogen) atoms. The number of rotatable bonds is 4. The van der Waals surface area contributed by atoms with Gasteiger partial charge in [-0.2, -0.15) is 4.31 Å². The van der Waals surface area contributed by atoms with Gasteiger partial charge < -0.3 is 5.32 Å². The molecular formula is C18H17BrF2N2O3S. The summed E-state index contributed by atoms with van der Waals surface area (Å²) in [6.07, 6.45) is 1.05. The monoisotopic (exact) mass is 458 g/mol. The smallest absolute Gasteiger partial charge is 0.243 e. The van der Waals surface area contributed by atoms with Crippen LogP contribution in [-0.4, -0.2) is 31.7 Å². The Hall–Kier alpha value is -1.84. The van der Waals surface area contributed by atoms with E-state index in [2.05, 4.69) is 21.2 Å². The van der Waals surface area contributed by atoms with Crippen LogP contribution in [0.5, 0.6) is 0 Å². The number of hydrogen-bond donors (Lipinski definition) is 1. The van der Waals surface area contributed by atoms with E-state index in [-0.39, 0.29) is 17.1 Å². The molecule has 9 heteroatoms. The topological polar surface area (TPSA) is 66.5 Å². The van der Waals surface area contributed by atoms with Crippen molar-refractivity contribution < 1.29 is 22.0 Å². The summed E-state index contributed by atoms with van der Waals surface area (Å²) in [6.45, 7) is 0.362. The van der Waals surface area contributed by atoms with E-state index in [1.165, 1.54) is 22.5 Å². The Morgan fingerprint density at radius 2 is 1.81 bits per heavy atom. The minimum Gasteiger partial charge on any atom is -0.326 e. The number of halogens is 3. The molecule has 1 aliphatic rings. The first-order valence-electron chi connectivity index (χ1n) is 8.29. The molecule has 0 saturated carbocycles. The summed E-state index contributed by atoms with van der Waals surface area (Å²) < 4.78 is 53.9. The van der Waals surface area contributed by atoms with Crippen LogP contribution in [0.3, 0.4) is 0 Å². The quantitative estimate of drug-likeness (QED) is 0.758. The van der Waals surface area contributed by atoms with Crippen molar-refractivity contribution in [3.8, 4) is 0 Å². The SMILES string of the molecule is O=C(Nc1ccc(F)c(F)c1)[C@H]1CCCN(S(=O)(=O)c2ccc(Br)cc2)C1. The third-order valence-electron chi connectivity index (χ3n) is 4.39. The van der Waals surface area contributed by atoms with E-state index < -0.39 is 33.5 Å². The molecule has 144 valence electrons. The molecule has 5 nitrogen and oxygen atoms in total. The van der Waals surface area contributed by atoms with Gasteiger partial charge in [-0.25, -0.2) is 17.2 Å². The van der Waals surface area contributed by atoms with Gasteiger partial charge in [0.15, 0.2) is 11.6 Å². The van der Waals surface area contributed by atoms with Crippen molar-refractivity contribution in [1.82, 2.24) is 4.31 Å². The highest BCUT2D eigenvalue weighted by atomic mass is 79.9. The average molecular weight is 459 g/mol. The van der Waals surface area contributed by atoms with Gasteiger partial charge in [0.2, 0.25) is 15.9 Å². The van der Waals surface area contributed by atoms with E-state index in [4.69, 9.17) is 0 Å². The zero-order valence-electron chi connectivity index (χ0n) is 14.2. The second-order valence-corrected chi connectivity index (χ2v) is 9.13. The average Bonchev–Trinajstić information content (AvgIpc) is 2.65. The number of carbonyl (C=O) groups excluding carboxylic acids is 1. The van der Waals surface area contributed by atoms with Gasteiger partial charge in [-0.3, -0.25) is 4.79 Å². The maximum absolute atomic E-state index is 13.3. The summed E-state index contributed by atoms with van der Waals surface area (Å²) in [7, 11) is -3.71. The Labute approximate surface area is 164 Å². The Kier molecular flexibility index (Phi) is 5.92. The molecule has 1 aliphatic heterocycles. The lowest BCUT2D eigenvalue weighted by atomic mass is 9.98. The lowest BCUT2D eigenvalue weighted by molar-refractivity contribution is -0.120. The minimum absolute atomic E-state index is 0.0356. The fourth-order valence-corrected chi connectivity index (χ4v) is 4.74. The van der Waals surface area contributed by atoms with E-state index >= 15 is 0 Å². The van der Waals surface area contributed by atoms with Gasteiger partial charge in [0.1, 0.15) is 0 Å². The first-order valence-corrected chi connectivity index (χ1v) is 10.5. The number of amides is 1. The molecule has 1 saturated heterocycles. The van der Waals surface area contributed by atoms with Gasteiger partial charge in [0, 0.05) is 29.3 Å². The molecule has 0 aliphatic carbocycles. The van der Waals surface area contributed by atoms with E-state index in [1.807, 2.05) is 0 Å². The summed E-state index contributed by atoms with van der Waals surface area (Å²) >= 11 is 3.27. The third kappa shape index (κ3) is 4.53. The van der Waals surface area contributed by atoms with Crippen molar-refractivity contribution in [3.63, 3.8) is 0 Å². The molecule has 1 atom stereocenters. The summed E-state index contributed by atoms with van der Waals surface area (Å²) in [5.41, 5.74) is 0.131. The number of carbonyl (C=O) groups is 1. The normalized spacial score (nSPS) is 18.3. The molecule has 1 fully saturated rings. The molecule has 2 aromatic carbocycles. The van der Waals surface area contributed by atoms with Gasteiger partial charge in [0.05, 0.1) is 10.8 Å². The molecule has 0 aromatic heterocycles. The van der Waals surface area contributed by atoms with Gasteiger partial charge in [0.25, 0.3) is 0 Å². The Balaban J connectivity index is 1.72. The number of benzene rings is 2. The molecule has 1 amide bonds. The predicted molar refractivity (Wildman–Crippen MR) is 101 cm³/mol. The highest BCUT2D eigenvalue weighted by Gasteiger charge is 2.33. The Morgan fingerprint density at radius 3 is 2.48 bits per heavy atom. The third-order valence-corrected chi connectivity index (χ3v) is 6.80. The highest BCUT2D eigenvalue weighted by molar-refractivity contribution is 9.10. The van der Waals surface area contributed by atoms with Crippen LogP contribution in [0, 0.1) is 17.6 Å². The van der Waals surface area contributed by atoms with Crippen LogP contribution in [0.4, 0.5) is 14.5 Å². The zero-order chi connectivity index (χ0) is 19.6. The maximum atomic E-state index is 13.3. The van der Waals surface area contributed by atoms with Gasteiger partial charge >= 0.3 is 0 Å². The van der Waals surface area contributed by atoms with Crippen molar-refractivity contribution >= 4 is 37.5 Å². The maximum Gasteiger partial charge on any atom is 0.243 e. The first-order chi connectivity index (χ1) is 12.8. The standard InChI is InChI=1S/C18H17BrF2N2O3S/c19-13-3-6-15(7-4-13)27(25,26)23-9-1-2-12(11-23)18(24)22-14-5-8-16(20)17(21)10-14/h3-8,10,12H,1-2,9,11H2,(H,22,24)/t12-/m0/s1. The van der Waals surface area contributed by atoms with Crippen molar-refractivity contribution in [2.24, 2.45) is 5.92 Å². The number of anilines is 1. The van der Waals surface area contributed by atoms with Crippen LogP contribution in [0.1, 0.15) is 12.8 Å². The van der Waals surface area contributed by atoms with E-state index in [0.29, 0.717) is 19.4 Å². The molecular weight excluding hydrogens is 442 g/mol. The number of nitrogens with one attached hydrogen (secondary N) is 1. The van der Waals surface area contributed by atoms with Crippen LogP contribution in [0.2, 0.25) is 0 Å². The Morgan fingerprint density at radius 1 is 1.11 bits per heavy atom. The van der Waals surface area contributed by atoms with Crippen molar-refractivity contribution in [2.75, 3.05) is 18.4 Å². The molecule has 0 bridgehead atoms. The predicted octanol–water partition coefficient (Wildman–Crippen LogP) is 3.77. The molecule has 1 N–H and O–H groups in total. The molecule has 0 radical (unpaired) electrons. The summed E-state index contributed by atoms with van der Waals surface area (Å²) in [4.78, 5) is 12.6. The summed E-state index contributed by atoms with van der Waals surface area (Å²) in [5, 5.41) is 2.53. The van der Waals surface area contributed by atoms with E-state index in [9.17, 15) is 22.0 Å². The van der Waals surface area contributed by atoms with E-state index in [1.54, 1.807) is 12.1 Å². The largest absolute Gasteiger partial charge is 0.326 e. The lowest BCUT2D eigenvalue weighted by Crippen LogP contribution is -2.43. The molecule has 0 unspecified atom stereocenters. The summed E-state index contributed by atoms with van der Waals surface area (Å²) in [6, 6.07) is 9.38. The van der Waals surface area contributed by atoms with E-state index in [0.717, 1.165) is 16.6 Å². The second-order valence-electron chi connectivity index (χ2n) is 6.27. The van der Waals surface area contributed by atoms with Crippen LogP contribution in [0.15, 0.2) is 51.8 Å². The van der Waals surface area contributed by atoms with Crippen LogP contribution in [-0.2, 0) is 14.8 Å². The Bertz CT molecular complexity index is 952. The number of piperidine rings is 1. The lowest BCUT2D eigenvalue weighted by Gasteiger charge is -2.31. The van der Waals surface area contributed by atoms with Crippen LogP contribution < -0.4 is 5.32 Å². The second kappa shape index (κ2) is 8.04. The molecule has 3 rings (SSSR count). The number of hydrogen-bond acceptors (Lipinski definition) is 3. The first kappa shape index (κ1) is 19.9. The van der Waals surface area contributed by atoms with Gasteiger partial charge in [-0.15, -0.1) is 0 Å². The fraction of sp³-hybridized carbons (Fsp3) is 0.278. The van der Waals surface area contributed by atoms with Crippen molar-refractivity contribution in [1.29, 1.82) is 0 Å². The van der Waals surface area contributed by atoms with Crippen LogP contribution in [0.25, 0.3) is 0 Å². The van der Waals surface area contributed by atoms with Gasteiger partial charge in [-0.1, -0.05) is 15.9 Å². The zero-order valence-corrected chi connectivity index (χ0v) is 16.6. The number of nitrogens with zero attached hydrogens (tertiary/aromatic N) is 1. The van der Waals surface area contributed by atoms with Crippen molar-refractivity contribution in [2.45, 2.75) is 17.7 Å². The number of sulfonamides is 1. The summed E-state index contributed by atoms with van der Waals surface area (Å²) in [5.74, 6) is -3.05. The minimum atomic E-state index is -3.71. The molecule has 1 heterocycles. The molecule has 0 spiro atoms. The van der Waals surface area contributed by atoms with Gasteiger partial charge in [-0.05, 0) is 49.2 Å². The molecule has 2 aromatic rings. The van der Waals surface area contributed by atoms with Crippen molar-refractivity contribution in [3.05, 3.63) is 58.6 Å². The van der Waals surface area contributed by atoms with Crippen LogP contribution >= 0.6 is 15.9 Å². The fourth-order valence-electron chi connectivity index (χ4n) is 2.95.